The minimum absolute atomic E-state index is 0.0517. The fraction of sp³-hybridized carbons (Fsp3) is 0.228. The van der Waals surface area contributed by atoms with Gasteiger partial charge >= 0.3 is 0 Å². The van der Waals surface area contributed by atoms with E-state index in [2.05, 4.69) is 181 Å². The Hall–Kier alpha value is -6.12. The van der Waals surface area contributed by atoms with Gasteiger partial charge < -0.3 is 9.80 Å². The highest BCUT2D eigenvalue weighted by Gasteiger charge is 2.44. The predicted molar refractivity (Wildman–Crippen MR) is 248 cm³/mol. The summed E-state index contributed by atoms with van der Waals surface area (Å²) in [5.41, 5.74) is 24.8. The van der Waals surface area contributed by atoms with Gasteiger partial charge in [-0.15, -0.1) is 0 Å². The summed E-state index contributed by atoms with van der Waals surface area (Å²) in [6, 6.07) is 55.9. The van der Waals surface area contributed by atoms with Crippen molar-refractivity contribution in [3.8, 4) is 22.3 Å². The predicted octanol–water partition coefficient (Wildman–Crippen LogP) is 14.9. The molecule has 2 aliphatic heterocycles. The molecule has 5 aliphatic rings. The van der Waals surface area contributed by atoms with Gasteiger partial charge in [-0.25, -0.2) is 0 Å². The molecule has 12 rings (SSSR count). The van der Waals surface area contributed by atoms with E-state index in [1.54, 1.807) is 0 Å². The first-order valence-electron chi connectivity index (χ1n) is 22.0. The smallest absolute Gasteiger partial charge is 0.0497 e. The summed E-state index contributed by atoms with van der Waals surface area (Å²) in [6.45, 7) is 5.89. The third kappa shape index (κ3) is 5.31. The van der Waals surface area contributed by atoms with Crippen LogP contribution in [-0.2, 0) is 23.7 Å². The van der Waals surface area contributed by atoms with Crippen LogP contribution in [0.2, 0.25) is 0 Å². The lowest BCUT2D eigenvalue weighted by Gasteiger charge is -2.37. The fourth-order valence-electron chi connectivity index (χ4n) is 11.8. The van der Waals surface area contributed by atoms with Gasteiger partial charge in [0.15, 0.2) is 0 Å². The zero-order valence-electron chi connectivity index (χ0n) is 34.3. The number of rotatable bonds is 4. The summed E-state index contributed by atoms with van der Waals surface area (Å²) >= 11 is 0. The summed E-state index contributed by atoms with van der Waals surface area (Å²) in [4.78, 5) is 5.05. The largest absolute Gasteiger partial charge is 0.341 e. The number of hydrogen-bond acceptors (Lipinski definition) is 2. The van der Waals surface area contributed by atoms with E-state index in [-0.39, 0.29) is 10.8 Å². The lowest BCUT2D eigenvalue weighted by Crippen LogP contribution is -2.28. The van der Waals surface area contributed by atoms with Crippen molar-refractivity contribution in [3.63, 3.8) is 0 Å². The maximum absolute atomic E-state index is 2.56. The lowest BCUT2D eigenvalue weighted by atomic mass is 9.67. The number of hydrogen-bond donors (Lipinski definition) is 0. The highest BCUT2D eigenvalue weighted by Crippen LogP contribution is 2.58. The maximum atomic E-state index is 2.56. The molecule has 0 N–H and O–H groups in total. The first kappa shape index (κ1) is 34.9. The standard InChI is InChI=1S/C57H50N2/c1-56(2)49-33-38(22-26-45(49)46-28-24-43(36-50(46)56)58-32-12-16-40-13-4-7-17-53(40)58)20-21-39-23-27-47-48-29-25-44(37-52(48)57(51(47)34-39)30-10-3-11-31-57)59-54-18-8-5-14-41(54)35-42-15-6-9-19-55(42)59/h4-9,13-15,17-29,33-34,36-37H,3,10-12,16,30-32,35H2,1-2H3/b21-20+. The Labute approximate surface area is 349 Å². The van der Waals surface area contributed by atoms with E-state index in [1.807, 2.05) is 0 Å². The Morgan fingerprint density at radius 3 is 1.64 bits per heavy atom. The van der Waals surface area contributed by atoms with Crippen LogP contribution in [0.3, 0.4) is 0 Å². The average Bonchev–Trinajstić information content (AvgIpc) is 3.67. The normalized spacial score (nSPS) is 17.5. The molecule has 0 atom stereocenters. The van der Waals surface area contributed by atoms with E-state index < -0.39 is 0 Å². The van der Waals surface area contributed by atoms with Crippen molar-refractivity contribution in [3.05, 3.63) is 196 Å². The Balaban J connectivity index is 0.870. The Morgan fingerprint density at radius 2 is 0.966 bits per heavy atom. The molecule has 0 unspecified atom stereocenters. The van der Waals surface area contributed by atoms with E-state index in [0.717, 1.165) is 19.4 Å². The zero-order chi connectivity index (χ0) is 39.3. The summed E-state index contributed by atoms with van der Waals surface area (Å²) in [5.74, 6) is 0. The molecule has 1 fully saturated rings. The summed E-state index contributed by atoms with van der Waals surface area (Å²) in [5, 5.41) is 0. The second-order valence-corrected chi connectivity index (χ2v) is 18.3. The molecule has 0 radical (unpaired) electrons. The quantitative estimate of drug-likeness (QED) is 0.165. The minimum atomic E-state index is -0.0796. The molecular weight excluding hydrogens is 713 g/mol. The van der Waals surface area contributed by atoms with Gasteiger partial charge in [-0.3, -0.25) is 0 Å². The molecule has 0 bridgehead atoms. The SMILES string of the molecule is CC1(C)c2cc(/C=C/c3ccc4c(c3)C3(CCCCC3)c3cc(N5c6ccccc6Cc6ccccc65)ccc3-4)ccc2-c2ccc(N3CCCc4ccccc43)cc21. The van der Waals surface area contributed by atoms with Gasteiger partial charge in [0.1, 0.15) is 0 Å². The monoisotopic (exact) mass is 762 g/mol. The van der Waals surface area contributed by atoms with Crippen molar-refractivity contribution in [2.24, 2.45) is 0 Å². The van der Waals surface area contributed by atoms with Crippen molar-refractivity contribution in [1.82, 2.24) is 0 Å². The molecule has 2 heteroatoms. The van der Waals surface area contributed by atoms with Crippen molar-refractivity contribution in [2.75, 3.05) is 16.3 Å². The van der Waals surface area contributed by atoms with Crippen LogP contribution >= 0.6 is 0 Å². The molecule has 0 amide bonds. The van der Waals surface area contributed by atoms with Crippen LogP contribution in [0.15, 0.2) is 146 Å². The molecule has 0 saturated heterocycles. The van der Waals surface area contributed by atoms with E-state index in [4.69, 9.17) is 0 Å². The van der Waals surface area contributed by atoms with Gasteiger partial charge in [0.25, 0.3) is 0 Å². The van der Waals surface area contributed by atoms with Crippen molar-refractivity contribution in [1.29, 1.82) is 0 Å². The van der Waals surface area contributed by atoms with Crippen LogP contribution in [0.1, 0.15) is 102 Å². The number of fused-ring (bicyclic) bond motifs is 11. The van der Waals surface area contributed by atoms with E-state index in [9.17, 15) is 0 Å². The fourth-order valence-corrected chi connectivity index (χ4v) is 11.8. The summed E-state index contributed by atoms with van der Waals surface area (Å²) in [7, 11) is 0. The molecular formula is C57H50N2. The van der Waals surface area contributed by atoms with E-state index in [1.165, 1.54) is 139 Å². The second-order valence-electron chi connectivity index (χ2n) is 18.3. The van der Waals surface area contributed by atoms with E-state index >= 15 is 0 Å². The number of para-hydroxylation sites is 3. The highest BCUT2D eigenvalue weighted by molar-refractivity contribution is 5.90. The number of nitrogens with zero attached hydrogens (tertiary/aromatic N) is 2. The third-order valence-corrected chi connectivity index (χ3v) is 14.8. The van der Waals surface area contributed by atoms with Gasteiger partial charge in [-0.1, -0.05) is 148 Å². The topological polar surface area (TPSA) is 6.48 Å². The number of benzene rings is 7. The van der Waals surface area contributed by atoms with E-state index in [0.29, 0.717) is 0 Å². The van der Waals surface area contributed by atoms with Gasteiger partial charge in [0.05, 0.1) is 0 Å². The first-order chi connectivity index (χ1) is 29.0. The molecule has 2 heterocycles. The van der Waals surface area contributed by atoms with Crippen LogP contribution in [0.5, 0.6) is 0 Å². The zero-order valence-corrected chi connectivity index (χ0v) is 34.3. The summed E-state index contributed by atoms with van der Waals surface area (Å²) in [6.07, 6.45) is 14.3. The van der Waals surface area contributed by atoms with Crippen molar-refractivity contribution >= 4 is 40.6 Å². The molecule has 59 heavy (non-hydrogen) atoms. The van der Waals surface area contributed by atoms with Crippen LogP contribution < -0.4 is 9.80 Å². The molecule has 3 aliphatic carbocycles. The first-order valence-corrected chi connectivity index (χ1v) is 22.0. The molecule has 1 spiro atoms. The maximum Gasteiger partial charge on any atom is 0.0497 e. The van der Waals surface area contributed by atoms with Gasteiger partial charge in [0, 0.05) is 52.2 Å². The van der Waals surface area contributed by atoms with Crippen molar-refractivity contribution < 1.29 is 0 Å². The van der Waals surface area contributed by atoms with Crippen LogP contribution in [0.25, 0.3) is 34.4 Å². The molecule has 0 aromatic heterocycles. The minimum Gasteiger partial charge on any atom is -0.341 e. The van der Waals surface area contributed by atoms with Gasteiger partial charge in [0.2, 0.25) is 0 Å². The van der Waals surface area contributed by atoms with Gasteiger partial charge in [-0.2, -0.15) is 0 Å². The molecule has 2 nitrogen and oxygen atoms in total. The molecule has 1 saturated carbocycles. The third-order valence-electron chi connectivity index (χ3n) is 14.8. The summed E-state index contributed by atoms with van der Waals surface area (Å²) < 4.78 is 0. The molecule has 7 aromatic carbocycles. The Kier molecular flexibility index (Phi) is 7.80. The van der Waals surface area contributed by atoms with Crippen LogP contribution in [-0.4, -0.2) is 6.54 Å². The van der Waals surface area contributed by atoms with Crippen LogP contribution in [0, 0.1) is 0 Å². The Morgan fingerprint density at radius 1 is 0.458 bits per heavy atom. The lowest BCUT2D eigenvalue weighted by molar-refractivity contribution is 0.353. The number of anilines is 5. The highest BCUT2D eigenvalue weighted by atomic mass is 15.2. The Bertz CT molecular complexity index is 2820. The van der Waals surface area contributed by atoms with Gasteiger partial charge in [-0.05, 0) is 140 Å². The molecule has 7 aromatic rings. The number of aryl methyl sites for hydroxylation is 1. The van der Waals surface area contributed by atoms with Crippen LogP contribution in [0.4, 0.5) is 28.4 Å². The second kappa shape index (κ2) is 13.2. The molecule has 288 valence electrons. The average molecular weight is 763 g/mol. The van der Waals surface area contributed by atoms with Crippen molar-refractivity contribution in [2.45, 2.75) is 76.0 Å².